The van der Waals surface area contributed by atoms with E-state index in [1.807, 2.05) is 24.3 Å². The van der Waals surface area contributed by atoms with Crippen LogP contribution in [0.15, 0.2) is 48.5 Å². The normalized spacial score (nSPS) is 16.3. The van der Waals surface area contributed by atoms with Crippen molar-refractivity contribution in [2.24, 2.45) is 5.73 Å². The minimum atomic E-state index is -0.728. The molecule has 0 radical (unpaired) electrons. The summed E-state index contributed by atoms with van der Waals surface area (Å²) in [6.07, 6.45) is -0.302. The van der Waals surface area contributed by atoms with Crippen LogP contribution in [-0.2, 0) is 4.79 Å². The van der Waals surface area contributed by atoms with Crippen LogP contribution in [0, 0.1) is 0 Å². The van der Waals surface area contributed by atoms with Gasteiger partial charge in [-0.3, -0.25) is 4.79 Å². The number of amides is 3. The first-order chi connectivity index (χ1) is 13.0. The maximum Gasteiger partial charge on any atom is 0.312 e. The molecule has 2 aromatic rings. The number of hydrogen-bond acceptors (Lipinski definition) is 4. The highest BCUT2D eigenvalue weighted by molar-refractivity contribution is 6.31. The molecule has 0 unspecified atom stereocenters. The van der Waals surface area contributed by atoms with Crippen molar-refractivity contribution in [1.82, 2.24) is 10.6 Å². The van der Waals surface area contributed by atoms with Gasteiger partial charge >= 0.3 is 6.03 Å². The van der Waals surface area contributed by atoms with Gasteiger partial charge in [0.1, 0.15) is 12.7 Å². The molecule has 0 aromatic heterocycles. The van der Waals surface area contributed by atoms with E-state index in [1.54, 1.807) is 24.3 Å². The number of benzene rings is 2. The molecule has 2 atom stereocenters. The van der Waals surface area contributed by atoms with Crippen LogP contribution < -0.4 is 25.8 Å². The number of halogens is 1. The Bertz CT molecular complexity index is 830. The fraction of sp³-hybridized carbons (Fsp3) is 0.263. The number of ether oxygens (including phenoxy) is 2. The third-order valence-corrected chi connectivity index (χ3v) is 4.43. The number of hydrogen-bond donors (Lipinski definition) is 3. The number of carbonyl (C=O) groups is 2. The smallest absolute Gasteiger partial charge is 0.312 e. The van der Waals surface area contributed by atoms with Crippen LogP contribution in [0.4, 0.5) is 4.79 Å². The first-order valence-electron chi connectivity index (χ1n) is 8.48. The van der Waals surface area contributed by atoms with Gasteiger partial charge in [0, 0.05) is 5.02 Å². The third-order valence-electron chi connectivity index (χ3n) is 4.08. The molecule has 4 N–H and O–H groups in total. The van der Waals surface area contributed by atoms with E-state index in [0.717, 1.165) is 0 Å². The Hall–Kier alpha value is -2.93. The molecule has 3 amide bonds. The van der Waals surface area contributed by atoms with Crippen LogP contribution in [0.5, 0.6) is 11.5 Å². The molecule has 27 heavy (non-hydrogen) atoms. The lowest BCUT2D eigenvalue weighted by molar-refractivity contribution is -0.122. The van der Waals surface area contributed by atoms with Crippen molar-refractivity contribution in [2.75, 3.05) is 13.2 Å². The molecule has 0 saturated heterocycles. The molecule has 0 fully saturated rings. The Morgan fingerprint density at radius 2 is 1.85 bits per heavy atom. The molecule has 142 valence electrons. The van der Waals surface area contributed by atoms with E-state index in [1.165, 1.54) is 0 Å². The molecule has 3 rings (SSSR count). The van der Waals surface area contributed by atoms with Crippen molar-refractivity contribution in [3.8, 4) is 11.5 Å². The SMILES string of the molecule is NC(=O)N[C@H](CC(=O)NC[C@@H]1COc2ccccc2O1)c1ccccc1Cl. The maximum absolute atomic E-state index is 12.4. The molecule has 0 bridgehead atoms. The molecular formula is C19H20ClN3O4. The number of rotatable bonds is 6. The van der Waals surface area contributed by atoms with Gasteiger partial charge in [-0.2, -0.15) is 0 Å². The predicted molar refractivity (Wildman–Crippen MR) is 101 cm³/mol. The number of carbonyl (C=O) groups excluding carboxylic acids is 2. The standard InChI is InChI=1S/C19H20ClN3O4/c20-14-6-2-1-5-13(14)15(23-19(21)25)9-18(24)22-10-12-11-26-16-7-3-4-8-17(16)27-12/h1-8,12,15H,9-11H2,(H,22,24)(H3,21,23,25)/t12-,15-/m1/s1. The molecule has 2 aromatic carbocycles. The summed E-state index contributed by atoms with van der Waals surface area (Å²) in [6, 6.07) is 13.0. The molecule has 1 aliphatic rings. The topological polar surface area (TPSA) is 103 Å². The molecule has 0 spiro atoms. The summed E-state index contributed by atoms with van der Waals surface area (Å²) in [6.45, 7) is 0.615. The molecule has 0 aliphatic carbocycles. The Labute approximate surface area is 161 Å². The zero-order valence-electron chi connectivity index (χ0n) is 14.5. The van der Waals surface area contributed by atoms with Gasteiger partial charge in [-0.15, -0.1) is 0 Å². The van der Waals surface area contributed by atoms with Gasteiger partial charge in [-0.05, 0) is 23.8 Å². The molecule has 8 heteroatoms. The largest absolute Gasteiger partial charge is 0.486 e. The van der Waals surface area contributed by atoms with Crippen LogP contribution in [0.3, 0.4) is 0 Å². The summed E-state index contributed by atoms with van der Waals surface area (Å²) in [7, 11) is 0. The van der Waals surface area contributed by atoms with E-state index in [-0.39, 0.29) is 25.0 Å². The zero-order valence-corrected chi connectivity index (χ0v) is 15.2. The Balaban J connectivity index is 1.57. The lowest BCUT2D eigenvalue weighted by atomic mass is 10.0. The van der Waals surface area contributed by atoms with Crippen LogP contribution in [0.25, 0.3) is 0 Å². The number of urea groups is 1. The van der Waals surface area contributed by atoms with E-state index in [2.05, 4.69) is 10.6 Å². The van der Waals surface area contributed by atoms with Crippen molar-refractivity contribution in [3.63, 3.8) is 0 Å². The van der Waals surface area contributed by atoms with Crippen molar-refractivity contribution in [2.45, 2.75) is 18.6 Å². The first kappa shape index (κ1) is 18.8. The van der Waals surface area contributed by atoms with E-state index < -0.39 is 12.1 Å². The van der Waals surface area contributed by atoms with Gasteiger partial charge in [-0.1, -0.05) is 41.9 Å². The second kappa shape index (κ2) is 8.64. The quantitative estimate of drug-likeness (QED) is 0.705. The molecule has 1 aliphatic heterocycles. The van der Waals surface area contributed by atoms with Crippen molar-refractivity contribution in [3.05, 3.63) is 59.1 Å². The fourth-order valence-corrected chi connectivity index (χ4v) is 3.08. The zero-order chi connectivity index (χ0) is 19.2. The predicted octanol–water partition coefficient (Wildman–Crippen LogP) is 2.40. The summed E-state index contributed by atoms with van der Waals surface area (Å²) in [5.74, 6) is 1.06. The second-order valence-corrected chi connectivity index (χ2v) is 6.50. The summed E-state index contributed by atoms with van der Waals surface area (Å²) in [4.78, 5) is 23.7. The highest BCUT2D eigenvalue weighted by atomic mass is 35.5. The number of fused-ring (bicyclic) bond motifs is 1. The highest BCUT2D eigenvalue weighted by Gasteiger charge is 2.23. The van der Waals surface area contributed by atoms with Crippen LogP contribution >= 0.6 is 11.6 Å². The lowest BCUT2D eigenvalue weighted by Crippen LogP contribution is -2.42. The van der Waals surface area contributed by atoms with E-state index in [4.69, 9.17) is 26.8 Å². The minimum absolute atomic E-state index is 0.00314. The Kier molecular flexibility index (Phi) is 6.03. The Morgan fingerprint density at radius 1 is 1.15 bits per heavy atom. The summed E-state index contributed by atoms with van der Waals surface area (Å²) < 4.78 is 11.4. The van der Waals surface area contributed by atoms with E-state index in [0.29, 0.717) is 28.7 Å². The van der Waals surface area contributed by atoms with Gasteiger partial charge in [0.25, 0.3) is 0 Å². The van der Waals surface area contributed by atoms with Crippen molar-refractivity contribution >= 4 is 23.5 Å². The van der Waals surface area contributed by atoms with Crippen molar-refractivity contribution in [1.29, 1.82) is 0 Å². The Morgan fingerprint density at radius 3 is 2.59 bits per heavy atom. The van der Waals surface area contributed by atoms with Crippen LogP contribution in [-0.4, -0.2) is 31.2 Å². The lowest BCUT2D eigenvalue weighted by Gasteiger charge is -2.27. The number of primary amides is 1. The average molecular weight is 390 g/mol. The summed E-state index contributed by atoms with van der Waals surface area (Å²) in [5.41, 5.74) is 5.86. The third kappa shape index (κ3) is 5.04. The second-order valence-electron chi connectivity index (χ2n) is 6.09. The van der Waals surface area contributed by atoms with Gasteiger partial charge in [0.05, 0.1) is 19.0 Å². The molecule has 7 nitrogen and oxygen atoms in total. The fourth-order valence-electron chi connectivity index (χ4n) is 2.82. The monoisotopic (exact) mass is 389 g/mol. The van der Waals surface area contributed by atoms with Crippen LogP contribution in [0.1, 0.15) is 18.0 Å². The van der Waals surface area contributed by atoms with Gasteiger partial charge in [-0.25, -0.2) is 4.79 Å². The maximum atomic E-state index is 12.4. The number of para-hydroxylation sites is 2. The first-order valence-corrected chi connectivity index (χ1v) is 8.86. The number of nitrogens with one attached hydrogen (secondary N) is 2. The van der Waals surface area contributed by atoms with Crippen LogP contribution in [0.2, 0.25) is 5.02 Å². The molecular weight excluding hydrogens is 370 g/mol. The van der Waals surface area contributed by atoms with Gasteiger partial charge in [0.2, 0.25) is 5.91 Å². The molecule has 0 saturated carbocycles. The van der Waals surface area contributed by atoms with Crippen molar-refractivity contribution < 1.29 is 19.1 Å². The summed E-state index contributed by atoms with van der Waals surface area (Å²) in [5, 5.41) is 5.80. The van der Waals surface area contributed by atoms with Gasteiger partial charge in [0.15, 0.2) is 11.5 Å². The van der Waals surface area contributed by atoms with E-state index in [9.17, 15) is 9.59 Å². The van der Waals surface area contributed by atoms with Gasteiger partial charge < -0.3 is 25.8 Å². The van der Waals surface area contributed by atoms with E-state index >= 15 is 0 Å². The minimum Gasteiger partial charge on any atom is -0.486 e. The molecule has 1 heterocycles. The average Bonchev–Trinajstić information content (AvgIpc) is 2.66. The summed E-state index contributed by atoms with van der Waals surface area (Å²) >= 11 is 6.17. The highest BCUT2D eigenvalue weighted by Crippen LogP contribution is 2.30. The number of nitrogens with two attached hydrogens (primary N) is 1.